The van der Waals surface area contributed by atoms with Crippen molar-refractivity contribution in [3.05, 3.63) is 34.0 Å². The zero-order valence-electron chi connectivity index (χ0n) is 9.56. The number of thiophene rings is 1. The van der Waals surface area contributed by atoms with Crippen LogP contribution in [0, 0.1) is 0 Å². The van der Waals surface area contributed by atoms with Crippen LogP contribution in [0.25, 0.3) is 0 Å². The van der Waals surface area contributed by atoms with Crippen molar-refractivity contribution in [1.29, 1.82) is 0 Å². The van der Waals surface area contributed by atoms with Gasteiger partial charge in [-0.2, -0.15) is 0 Å². The van der Waals surface area contributed by atoms with Crippen LogP contribution in [-0.2, 0) is 11.3 Å². The number of halogens is 1. The third-order valence-corrected chi connectivity index (χ3v) is 3.44. The maximum absolute atomic E-state index is 11.8. The minimum atomic E-state index is 0.0310. The van der Waals surface area contributed by atoms with E-state index in [1.54, 1.807) is 11.0 Å². The lowest BCUT2D eigenvalue weighted by Crippen LogP contribution is -2.30. The van der Waals surface area contributed by atoms with Gasteiger partial charge in [-0.05, 0) is 18.6 Å². The zero-order chi connectivity index (χ0) is 12.7. The molecule has 1 amide bonds. The molecule has 3 nitrogen and oxygen atoms in total. The second kappa shape index (κ2) is 7.48. The topological polar surface area (TPSA) is 40.5 Å². The molecule has 5 heteroatoms. The second-order valence-electron chi connectivity index (χ2n) is 3.60. The number of hydrogen-bond acceptors (Lipinski definition) is 3. The lowest BCUT2D eigenvalue weighted by atomic mass is 10.2. The van der Waals surface area contributed by atoms with Gasteiger partial charge < -0.3 is 10.0 Å². The molecule has 0 atom stereocenters. The van der Waals surface area contributed by atoms with Gasteiger partial charge in [0.25, 0.3) is 0 Å². The van der Waals surface area contributed by atoms with Crippen molar-refractivity contribution in [3.8, 4) is 0 Å². The minimum absolute atomic E-state index is 0.0310. The Hall–Kier alpha value is -0.840. The van der Waals surface area contributed by atoms with Crippen LogP contribution in [0.5, 0.6) is 0 Å². The first kappa shape index (κ1) is 14.2. The Labute approximate surface area is 110 Å². The van der Waals surface area contributed by atoms with Crippen molar-refractivity contribution in [2.45, 2.75) is 19.4 Å². The molecule has 1 rings (SSSR count). The van der Waals surface area contributed by atoms with E-state index in [1.807, 2.05) is 12.1 Å². The Bertz CT molecular complexity index is 378. The fourth-order valence-electron chi connectivity index (χ4n) is 1.42. The smallest absolute Gasteiger partial charge is 0.223 e. The van der Waals surface area contributed by atoms with Crippen molar-refractivity contribution in [1.82, 2.24) is 4.90 Å². The van der Waals surface area contributed by atoms with Crippen LogP contribution in [0.4, 0.5) is 0 Å². The highest BCUT2D eigenvalue weighted by molar-refractivity contribution is 7.16. The summed E-state index contributed by atoms with van der Waals surface area (Å²) in [6, 6.07) is 3.74. The van der Waals surface area contributed by atoms with Crippen molar-refractivity contribution in [2.75, 3.05) is 13.2 Å². The largest absolute Gasteiger partial charge is 0.396 e. The van der Waals surface area contributed by atoms with Crippen molar-refractivity contribution < 1.29 is 9.90 Å². The van der Waals surface area contributed by atoms with E-state index < -0.39 is 0 Å². The minimum Gasteiger partial charge on any atom is -0.396 e. The molecular formula is C12H16ClNO2S. The van der Waals surface area contributed by atoms with Crippen LogP contribution in [0.1, 0.15) is 17.7 Å². The molecule has 1 aromatic heterocycles. The van der Waals surface area contributed by atoms with E-state index in [1.165, 1.54) is 11.3 Å². The van der Waals surface area contributed by atoms with Gasteiger partial charge >= 0.3 is 0 Å². The first-order valence-corrected chi connectivity index (χ1v) is 6.60. The lowest BCUT2D eigenvalue weighted by molar-refractivity contribution is -0.131. The van der Waals surface area contributed by atoms with Crippen LogP contribution >= 0.6 is 22.9 Å². The molecule has 0 radical (unpaired) electrons. The summed E-state index contributed by atoms with van der Waals surface area (Å²) in [6.45, 7) is 4.75. The first-order valence-electron chi connectivity index (χ1n) is 5.41. The fraction of sp³-hybridized carbons (Fsp3) is 0.417. The van der Waals surface area contributed by atoms with Gasteiger partial charge in [-0.25, -0.2) is 0 Å². The maximum atomic E-state index is 11.8. The lowest BCUT2D eigenvalue weighted by Gasteiger charge is -2.20. The molecule has 0 saturated carbocycles. The predicted octanol–water partition coefficient (Wildman–Crippen LogP) is 2.69. The summed E-state index contributed by atoms with van der Waals surface area (Å²) in [5.74, 6) is 0.0310. The number of hydrogen-bond donors (Lipinski definition) is 1. The third kappa shape index (κ3) is 4.89. The number of amides is 1. The van der Waals surface area contributed by atoms with Crippen molar-refractivity contribution >= 4 is 28.8 Å². The molecule has 0 bridgehead atoms. The number of aliphatic hydroxyl groups excluding tert-OH is 1. The number of carbonyl (C=O) groups is 1. The Morgan fingerprint density at radius 2 is 2.35 bits per heavy atom. The molecule has 0 fully saturated rings. The SMILES string of the molecule is C=CCN(Cc1ccc(Cl)s1)C(=O)CCCO. The maximum Gasteiger partial charge on any atom is 0.223 e. The summed E-state index contributed by atoms with van der Waals surface area (Å²) in [5.41, 5.74) is 0. The molecule has 1 N–H and O–H groups in total. The molecule has 0 aliphatic heterocycles. The highest BCUT2D eigenvalue weighted by atomic mass is 35.5. The first-order chi connectivity index (χ1) is 8.17. The van der Waals surface area contributed by atoms with E-state index in [4.69, 9.17) is 16.7 Å². The molecular weight excluding hydrogens is 258 g/mol. The Morgan fingerprint density at radius 1 is 1.59 bits per heavy atom. The molecule has 0 unspecified atom stereocenters. The summed E-state index contributed by atoms with van der Waals surface area (Å²) in [6.07, 6.45) is 2.56. The van der Waals surface area contributed by atoms with Gasteiger partial charge in [-0.3, -0.25) is 4.79 Å². The summed E-state index contributed by atoms with van der Waals surface area (Å²) in [4.78, 5) is 14.6. The third-order valence-electron chi connectivity index (χ3n) is 2.23. The highest BCUT2D eigenvalue weighted by Gasteiger charge is 2.13. The molecule has 1 aromatic rings. The van der Waals surface area contributed by atoms with Crippen molar-refractivity contribution in [2.24, 2.45) is 0 Å². The molecule has 0 saturated heterocycles. The van der Waals surface area contributed by atoms with E-state index in [2.05, 4.69) is 6.58 Å². The van der Waals surface area contributed by atoms with Crippen molar-refractivity contribution in [3.63, 3.8) is 0 Å². The van der Waals surface area contributed by atoms with Gasteiger partial charge in [0.2, 0.25) is 5.91 Å². The zero-order valence-corrected chi connectivity index (χ0v) is 11.1. The predicted molar refractivity (Wildman–Crippen MR) is 71.3 cm³/mol. The van der Waals surface area contributed by atoms with Crippen LogP contribution in [0.3, 0.4) is 0 Å². The monoisotopic (exact) mass is 273 g/mol. The average molecular weight is 274 g/mol. The summed E-state index contributed by atoms with van der Waals surface area (Å²) in [5, 5.41) is 8.71. The van der Waals surface area contributed by atoms with Crippen LogP contribution in [0.15, 0.2) is 24.8 Å². The van der Waals surface area contributed by atoms with Gasteiger partial charge in [0, 0.05) is 24.4 Å². The molecule has 17 heavy (non-hydrogen) atoms. The van der Waals surface area contributed by atoms with Gasteiger partial charge in [0.1, 0.15) is 0 Å². The van der Waals surface area contributed by atoms with E-state index >= 15 is 0 Å². The summed E-state index contributed by atoms with van der Waals surface area (Å²) >= 11 is 7.32. The Balaban J connectivity index is 2.58. The molecule has 0 aliphatic carbocycles. The van der Waals surface area contributed by atoms with Gasteiger partial charge in [-0.15, -0.1) is 17.9 Å². The molecule has 1 heterocycles. The van der Waals surface area contributed by atoms with Gasteiger partial charge in [0.15, 0.2) is 0 Å². The number of nitrogens with zero attached hydrogens (tertiary/aromatic N) is 1. The van der Waals surface area contributed by atoms with Crippen LogP contribution < -0.4 is 0 Å². The molecule has 0 aliphatic rings. The highest BCUT2D eigenvalue weighted by Crippen LogP contribution is 2.22. The number of rotatable bonds is 7. The van der Waals surface area contributed by atoms with E-state index in [0.29, 0.717) is 25.9 Å². The van der Waals surface area contributed by atoms with E-state index in [-0.39, 0.29) is 12.5 Å². The molecule has 0 spiro atoms. The average Bonchev–Trinajstić information content (AvgIpc) is 2.71. The van der Waals surface area contributed by atoms with E-state index in [0.717, 1.165) is 9.21 Å². The second-order valence-corrected chi connectivity index (χ2v) is 5.40. The van der Waals surface area contributed by atoms with Crippen LogP contribution in [-0.4, -0.2) is 29.1 Å². The number of carbonyl (C=O) groups excluding carboxylic acids is 1. The fourth-order valence-corrected chi connectivity index (χ4v) is 2.53. The molecule has 94 valence electrons. The molecule has 0 aromatic carbocycles. The van der Waals surface area contributed by atoms with E-state index in [9.17, 15) is 4.79 Å². The van der Waals surface area contributed by atoms with Crippen LogP contribution in [0.2, 0.25) is 4.34 Å². The van der Waals surface area contributed by atoms with Gasteiger partial charge in [-0.1, -0.05) is 17.7 Å². The summed E-state index contributed by atoms with van der Waals surface area (Å²) in [7, 11) is 0. The Kier molecular flexibility index (Phi) is 6.26. The number of aliphatic hydroxyl groups is 1. The summed E-state index contributed by atoms with van der Waals surface area (Å²) < 4.78 is 0.723. The quantitative estimate of drug-likeness (QED) is 0.776. The van der Waals surface area contributed by atoms with Gasteiger partial charge in [0.05, 0.1) is 10.9 Å². The standard InChI is InChI=1S/C12H16ClNO2S/c1-2-7-14(12(16)4-3-8-15)9-10-5-6-11(13)17-10/h2,5-6,15H,1,3-4,7-9H2. The normalized spacial score (nSPS) is 10.2. The Morgan fingerprint density at radius 3 is 2.88 bits per heavy atom.